The first kappa shape index (κ1) is 11.4. The van der Waals surface area contributed by atoms with E-state index in [-0.39, 0.29) is 5.78 Å². The summed E-state index contributed by atoms with van der Waals surface area (Å²) in [5.74, 6) is 0.698. The molecule has 0 fully saturated rings. The number of ketones is 1. The van der Waals surface area contributed by atoms with Crippen LogP contribution < -0.4 is 5.73 Å². The average Bonchev–Trinajstić information content (AvgIpc) is 2.60. The van der Waals surface area contributed by atoms with Crippen LogP contribution in [0.25, 0.3) is 0 Å². The van der Waals surface area contributed by atoms with Gasteiger partial charge < -0.3 is 5.73 Å². The minimum Gasteiger partial charge on any atom is -0.330 e. The quantitative estimate of drug-likeness (QED) is 0.761. The van der Waals surface area contributed by atoms with E-state index >= 15 is 0 Å². The van der Waals surface area contributed by atoms with Gasteiger partial charge in [0.1, 0.15) is 0 Å². The molecule has 1 heterocycles. The van der Waals surface area contributed by atoms with E-state index in [1.165, 1.54) is 4.88 Å². The van der Waals surface area contributed by atoms with Gasteiger partial charge in [-0.3, -0.25) is 4.79 Å². The molecular weight excluding hydrogens is 194 g/mol. The van der Waals surface area contributed by atoms with Gasteiger partial charge in [0, 0.05) is 11.3 Å². The van der Waals surface area contributed by atoms with Crippen LogP contribution in [0.2, 0.25) is 0 Å². The van der Waals surface area contributed by atoms with E-state index in [2.05, 4.69) is 6.92 Å². The first-order valence-corrected chi connectivity index (χ1v) is 5.75. The summed E-state index contributed by atoms with van der Waals surface area (Å²) in [6.07, 6.45) is 1.52. The van der Waals surface area contributed by atoms with E-state index in [4.69, 9.17) is 5.73 Å². The predicted molar refractivity (Wildman–Crippen MR) is 60.8 cm³/mol. The van der Waals surface area contributed by atoms with Crippen molar-refractivity contribution in [1.29, 1.82) is 0 Å². The largest absolute Gasteiger partial charge is 0.330 e. The Hall–Kier alpha value is -0.670. The summed E-state index contributed by atoms with van der Waals surface area (Å²) in [6.45, 7) is 4.76. The highest BCUT2D eigenvalue weighted by atomic mass is 32.1. The molecule has 0 bridgehead atoms. The van der Waals surface area contributed by atoms with Gasteiger partial charge in [-0.05, 0) is 37.9 Å². The zero-order valence-corrected chi connectivity index (χ0v) is 9.56. The molecule has 1 unspecified atom stereocenters. The molecule has 78 valence electrons. The molecule has 1 aromatic rings. The summed E-state index contributed by atoms with van der Waals surface area (Å²) in [6, 6.07) is 3.90. The summed E-state index contributed by atoms with van der Waals surface area (Å²) in [7, 11) is 0. The third kappa shape index (κ3) is 3.24. The van der Waals surface area contributed by atoms with Gasteiger partial charge in [0.2, 0.25) is 0 Å². The highest BCUT2D eigenvalue weighted by Crippen LogP contribution is 2.18. The number of nitrogens with two attached hydrogens (primary N) is 1. The van der Waals surface area contributed by atoms with E-state index in [9.17, 15) is 4.79 Å². The normalized spacial score (nSPS) is 12.8. The van der Waals surface area contributed by atoms with E-state index in [0.717, 1.165) is 11.3 Å². The molecule has 0 aromatic carbocycles. The number of aryl methyl sites for hydroxylation is 1. The predicted octanol–water partition coefficient (Wildman–Crippen LogP) is 2.61. The molecule has 0 amide bonds. The monoisotopic (exact) mass is 211 g/mol. The fourth-order valence-corrected chi connectivity index (χ4v) is 2.04. The maximum absolute atomic E-state index is 11.6. The van der Waals surface area contributed by atoms with Crippen molar-refractivity contribution in [2.75, 3.05) is 6.54 Å². The first-order valence-electron chi connectivity index (χ1n) is 4.93. The smallest absolute Gasteiger partial charge is 0.172 e. The fourth-order valence-electron chi connectivity index (χ4n) is 1.20. The number of hydrogen-bond donors (Lipinski definition) is 1. The van der Waals surface area contributed by atoms with Crippen LogP contribution >= 0.6 is 11.3 Å². The van der Waals surface area contributed by atoms with Crippen LogP contribution in [-0.4, -0.2) is 12.3 Å². The minimum absolute atomic E-state index is 0.253. The second-order valence-corrected chi connectivity index (χ2v) is 5.00. The van der Waals surface area contributed by atoms with Gasteiger partial charge in [-0.25, -0.2) is 0 Å². The van der Waals surface area contributed by atoms with Gasteiger partial charge in [-0.15, -0.1) is 11.3 Å². The Morgan fingerprint density at radius 3 is 2.79 bits per heavy atom. The third-order valence-corrected chi connectivity index (χ3v) is 3.32. The zero-order chi connectivity index (χ0) is 10.6. The van der Waals surface area contributed by atoms with Crippen molar-refractivity contribution >= 4 is 17.1 Å². The first-order chi connectivity index (χ1) is 6.63. The van der Waals surface area contributed by atoms with Gasteiger partial charge in [0.05, 0.1) is 4.88 Å². The van der Waals surface area contributed by atoms with E-state index in [1.54, 1.807) is 11.3 Å². The minimum atomic E-state index is 0.253. The summed E-state index contributed by atoms with van der Waals surface area (Å²) in [5.41, 5.74) is 5.49. The highest BCUT2D eigenvalue weighted by molar-refractivity contribution is 7.14. The summed E-state index contributed by atoms with van der Waals surface area (Å²) in [5, 5.41) is 0. The highest BCUT2D eigenvalue weighted by Gasteiger charge is 2.09. The molecule has 1 atom stereocenters. The van der Waals surface area contributed by atoms with Crippen molar-refractivity contribution in [2.24, 2.45) is 11.7 Å². The van der Waals surface area contributed by atoms with Crippen molar-refractivity contribution in [1.82, 2.24) is 0 Å². The van der Waals surface area contributed by atoms with Crippen LogP contribution in [0.4, 0.5) is 0 Å². The molecule has 0 saturated carbocycles. The lowest BCUT2D eigenvalue weighted by Gasteiger charge is -2.05. The van der Waals surface area contributed by atoms with Crippen molar-refractivity contribution in [3.63, 3.8) is 0 Å². The average molecular weight is 211 g/mol. The number of carbonyl (C=O) groups excluding carboxylic acids is 1. The summed E-state index contributed by atoms with van der Waals surface area (Å²) < 4.78 is 0. The second kappa shape index (κ2) is 5.27. The van der Waals surface area contributed by atoms with E-state index in [0.29, 0.717) is 18.9 Å². The lowest BCUT2D eigenvalue weighted by molar-refractivity contribution is 0.0979. The fraction of sp³-hybridized carbons (Fsp3) is 0.545. The molecule has 2 N–H and O–H groups in total. The number of carbonyl (C=O) groups is 1. The molecule has 14 heavy (non-hydrogen) atoms. The Kier molecular flexibility index (Phi) is 4.29. The van der Waals surface area contributed by atoms with Crippen molar-refractivity contribution < 1.29 is 4.79 Å². The third-order valence-electron chi connectivity index (χ3n) is 2.28. The summed E-state index contributed by atoms with van der Waals surface area (Å²) >= 11 is 1.57. The lowest BCUT2D eigenvalue weighted by Crippen LogP contribution is -2.12. The zero-order valence-electron chi connectivity index (χ0n) is 8.75. The van der Waals surface area contributed by atoms with E-state index in [1.807, 2.05) is 19.1 Å². The molecule has 0 radical (unpaired) electrons. The Labute approximate surface area is 89.1 Å². The number of Topliss-reactive ketones (excluding diaryl/α,β-unsaturated/α-hetero) is 1. The second-order valence-electron chi connectivity index (χ2n) is 3.71. The van der Waals surface area contributed by atoms with Crippen molar-refractivity contribution in [2.45, 2.75) is 26.7 Å². The maximum atomic E-state index is 11.6. The van der Waals surface area contributed by atoms with Crippen LogP contribution in [0.15, 0.2) is 12.1 Å². The Morgan fingerprint density at radius 2 is 2.29 bits per heavy atom. The van der Waals surface area contributed by atoms with Gasteiger partial charge in [0.15, 0.2) is 5.78 Å². The maximum Gasteiger partial charge on any atom is 0.172 e. The standard InChI is InChI=1S/C11H17NOS/c1-8(7-12)3-5-10(13)11-6-4-9(2)14-11/h4,6,8H,3,5,7,12H2,1-2H3. The van der Waals surface area contributed by atoms with Crippen LogP contribution in [-0.2, 0) is 0 Å². The topological polar surface area (TPSA) is 43.1 Å². The van der Waals surface area contributed by atoms with Crippen LogP contribution in [0.1, 0.15) is 34.3 Å². The summed E-state index contributed by atoms with van der Waals surface area (Å²) in [4.78, 5) is 13.7. The van der Waals surface area contributed by atoms with Gasteiger partial charge in [0.25, 0.3) is 0 Å². The Morgan fingerprint density at radius 1 is 1.57 bits per heavy atom. The molecule has 0 spiro atoms. The van der Waals surface area contributed by atoms with Gasteiger partial charge >= 0.3 is 0 Å². The van der Waals surface area contributed by atoms with E-state index < -0.39 is 0 Å². The molecule has 0 aliphatic carbocycles. The SMILES string of the molecule is Cc1ccc(C(=O)CCC(C)CN)s1. The molecule has 2 nitrogen and oxygen atoms in total. The Balaban J connectivity index is 2.43. The number of hydrogen-bond acceptors (Lipinski definition) is 3. The molecule has 1 rings (SSSR count). The van der Waals surface area contributed by atoms with Crippen molar-refractivity contribution in [3.8, 4) is 0 Å². The number of rotatable bonds is 5. The van der Waals surface area contributed by atoms with Gasteiger partial charge in [-0.1, -0.05) is 6.92 Å². The van der Waals surface area contributed by atoms with Crippen LogP contribution in [0.5, 0.6) is 0 Å². The molecule has 1 aromatic heterocycles. The van der Waals surface area contributed by atoms with Crippen LogP contribution in [0, 0.1) is 12.8 Å². The number of thiophene rings is 1. The molecular formula is C11H17NOS. The molecule has 3 heteroatoms. The Bertz CT molecular complexity index is 306. The van der Waals surface area contributed by atoms with Crippen LogP contribution in [0.3, 0.4) is 0 Å². The van der Waals surface area contributed by atoms with Gasteiger partial charge in [-0.2, -0.15) is 0 Å². The molecule has 0 saturated heterocycles. The molecule has 0 aliphatic rings. The molecule has 0 aliphatic heterocycles. The lowest BCUT2D eigenvalue weighted by atomic mass is 10.0. The van der Waals surface area contributed by atoms with Crippen molar-refractivity contribution in [3.05, 3.63) is 21.9 Å².